The lowest BCUT2D eigenvalue weighted by Crippen LogP contribution is -2.33. The fourth-order valence-electron chi connectivity index (χ4n) is 3.04. The molecule has 2 nitrogen and oxygen atoms in total. The van der Waals surface area contributed by atoms with Gasteiger partial charge in [-0.15, -0.1) is 0 Å². The van der Waals surface area contributed by atoms with Gasteiger partial charge in [-0.3, -0.25) is 0 Å². The molecule has 2 unspecified atom stereocenters. The van der Waals surface area contributed by atoms with Gasteiger partial charge in [-0.25, -0.2) is 0 Å². The highest BCUT2D eigenvalue weighted by Gasteiger charge is 2.25. The van der Waals surface area contributed by atoms with Crippen molar-refractivity contribution in [2.75, 3.05) is 13.1 Å². The highest BCUT2D eigenvalue weighted by molar-refractivity contribution is 5.39. The SMILES string of the molecule is Cc1cc(C)c(C(O)C2CCCNC2)c(C)c1. The Bertz CT molecular complexity index is 371. The zero-order valence-electron chi connectivity index (χ0n) is 11.1. The van der Waals surface area contributed by atoms with E-state index in [0.717, 1.165) is 25.1 Å². The normalized spacial score (nSPS) is 22.5. The summed E-state index contributed by atoms with van der Waals surface area (Å²) in [7, 11) is 0. The Morgan fingerprint density at radius 3 is 2.41 bits per heavy atom. The number of nitrogens with one attached hydrogen (secondary N) is 1. The largest absolute Gasteiger partial charge is 0.388 e. The Morgan fingerprint density at radius 1 is 1.24 bits per heavy atom. The van der Waals surface area contributed by atoms with Crippen molar-refractivity contribution >= 4 is 0 Å². The number of rotatable bonds is 2. The van der Waals surface area contributed by atoms with Crippen molar-refractivity contribution < 1.29 is 5.11 Å². The lowest BCUT2D eigenvalue weighted by molar-refractivity contribution is 0.0910. The number of aliphatic hydroxyl groups is 1. The monoisotopic (exact) mass is 233 g/mol. The van der Waals surface area contributed by atoms with E-state index in [1.807, 2.05) is 0 Å². The molecule has 0 aliphatic carbocycles. The van der Waals surface area contributed by atoms with E-state index in [2.05, 4.69) is 38.2 Å². The summed E-state index contributed by atoms with van der Waals surface area (Å²) in [6.07, 6.45) is 1.98. The third-order valence-electron chi connectivity index (χ3n) is 3.82. The summed E-state index contributed by atoms with van der Waals surface area (Å²) in [5, 5.41) is 13.9. The summed E-state index contributed by atoms with van der Waals surface area (Å²) in [6.45, 7) is 8.35. The molecule has 0 bridgehead atoms. The van der Waals surface area contributed by atoms with Gasteiger partial charge in [-0.2, -0.15) is 0 Å². The molecule has 0 spiro atoms. The lowest BCUT2D eigenvalue weighted by Gasteiger charge is -2.29. The van der Waals surface area contributed by atoms with Gasteiger partial charge in [-0.1, -0.05) is 17.7 Å². The number of piperidine rings is 1. The maximum absolute atomic E-state index is 10.6. The Morgan fingerprint density at radius 2 is 1.88 bits per heavy atom. The van der Waals surface area contributed by atoms with Crippen LogP contribution in [0.2, 0.25) is 0 Å². The molecular formula is C15H23NO. The van der Waals surface area contributed by atoms with E-state index in [9.17, 15) is 5.11 Å². The first-order valence-electron chi connectivity index (χ1n) is 6.56. The van der Waals surface area contributed by atoms with Gasteiger partial charge in [0.1, 0.15) is 0 Å². The summed E-state index contributed by atoms with van der Waals surface area (Å²) in [4.78, 5) is 0. The van der Waals surface area contributed by atoms with Crippen molar-refractivity contribution in [1.29, 1.82) is 0 Å². The van der Waals surface area contributed by atoms with Crippen LogP contribution in [0.25, 0.3) is 0 Å². The third-order valence-corrected chi connectivity index (χ3v) is 3.82. The molecule has 94 valence electrons. The zero-order chi connectivity index (χ0) is 12.4. The topological polar surface area (TPSA) is 32.3 Å². The van der Waals surface area contributed by atoms with Crippen molar-refractivity contribution in [3.8, 4) is 0 Å². The summed E-state index contributed by atoms with van der Waals surface area (Å²) < 4.78 is 0. The van der Waals surface area contributed by atoms with Crippen LogP contribution in [0, 0.1) is 26.7 Å². The molecule has 2 rings (SSSR count). The Hall–Kier alpha value is -0.860. The van der Waals surface area contributed by atoms with Crippen molar-refractivity contribution in [2.45, 2.75) is 39.7 Å². The number of aliphatic hydroxyl groups excluding tert-OH is 1. The minimum Gasteiger partial charge on any atom is -0.388 e. The van der Waals surface area contributed by atoms with E-state index < -0.39 is 0 Å². The minimum absolute atomic E-state index is 0.316. The van der Waals surface area contributed by atoms with Gasteiger partial charge in [0.15, 0.2) is 0 Å². The number of hydrogen-bond acceptors (Lipinski definition) is 2. The fourth-order valence-corrected chi connectivity index (χ4v) is 3.04. The average molecular weight is 233 g/mol. The molecule has 2 N–H and O–H groups in total. The standard InChI is InChI=1S/C15H23NO/c1-10-7-11(2)14(12(3)8-10)15(17)13-5-4-6-16-9-13/h7-8,13,15-17H,4-6,9H2,1-3H3. The van der Waals surface area contributed by atoms with Crippen LogP contribution in [0.5, 0.6) is 0 Å². The molecule has 2 heteroatoms. The second-order valence-electron chi connectivity index (χ2n) is 5.36. The molecule has 1 aromatic rings. The van der Waals surface area contributed by atoms with Gasteiger partial charge in [-0.05, 0) is 56.8 Å². The smallest absolute Gasteiger partial charge is 0.0835 e. The fraction of sp³-hybridized carbons (Fsp3) is 0.600. The number of benzene rings is 1. The Kier molecular flexibility index (Phi) is 3.85. The van der Waals surface area contributed by atoms with Crippen LogP contribution in [0.3, 0.4) is 0 Å². The average Bonchev–Trinajstić information content (AvgIpc) is 2.28. The van der Waals surface area contributed by atoms with Crippen LogP contribution in [0.4, 0.5) is 0 Å². The third kappa shape index (κ3) is 2.70. The maximum Gasteiger partial charge on any atom is 0.0835 e. The second-order valence-corrected chi connectivity index (χ2v) is 5.36. The van der Waals surface area contributed by atoms with E-state index in [4.69, 9.17) is 0 Å². The van der Waals surface area contributed by atoms with Crippen molar-refractivity contribution in [3.05, 3.63) is 34.4 Å². The highest BCUT2D eigenvalue weighted by atomic mass is 16.3. The molecule has 1 aliphatic rings. The van der Waals surface area contributed by atoms with Crippen molar-refractivity contribution in [1.82, 2.24) is 5.32 Å². The minimum atomic E-state index is -0.316. The van der Waals surface area contributed by atoms with Crippen LogP contribution < -0.4 is 5.32 Å². The molecule has 0 radical (unpaired) electrons. The van der Waals surface area contributed by atoms with Crippen LogP contribution in [-0.4, -0.2) is 18.2 Å². The lowest BCUT2D eigenvalue weighted by atomic mass is 9.85. The second kappa shape index (κ2) is 5.19. The van der Waals surface area contributed by atoms with Crippen molar-refractivity contribution in [3.63, 3.8) is 0 Å². The molecular weight excluding hydrogens is 210 g/mol. The molecule has 0 saturated carbocycles. The molecule has 1 aromatic carbocycles. The summed E-state index contributed by atoms with van der Waals surface area (Å²) in [5.74, 6) is 0.365. The maximum atomic E-state index is 10.6. The van der Waals surface area contributed by atoms with Gasteiger partial charge < -0.3 is 10.4 Å². The molecule has 17 heavy (non-hydrogen) atoms. The molecule has 1 heterocycles. The molecule has 0 aromatic heterocycles. The van der Waals surface area contributed by atoms with Crippen molar-refractivity contribution in [2.24, 2.45) is 5.92 Å². The Labute approximate surface area is 104 Å². The van der Waals surface area contributed by atoms with Gasteiger partial charge in [0.2, 0.25) is 0 Å². The van der Waals surface area contributed by atoms with Crippen LogP contribution in [-0.2, 0) is 0 Å². The van der Waals surface area contributed by atoms with Gasteiger partial charge in [0, 0.05) is 12.5 Å². The quantitative estimate of drug-likeness (QED) is 0.823. The summed E-state index contributed by atoms with van der Waals surface area (Å²) in [6, 6.07) is 4.34. The number of hydrogen-bond donors (Lipinski definition) is 2. The van der Waals surface area contributed by atoms with Crippen LogP contribution in [0.1, 0.15) is 41.2 Å². The van der Waals surface area contributed by atoms with Gasteiger partial charge in [0.05, 0.1) is 6.10 Å². The van der Waals surface area contributed by atoms with E-state index in [-0.39, 0.29) is 6.10 Å². The van der Waals surface area contributed by atoms with E-state index in [1.54, 1.807) is 0 Å². The molecule has 1 aliphatic heterocycles. The summed E-state index contributed by atoms with van der Waals surface area (Å²) >= 11 is 0. The van der Waals surface area contributed by atoms with Gasteiger partial charge in [0.25, 0.3) is 0 Å². The van der Waals surface area contributed by atoms with E-state index in [0.29, 0.717) is 5.92 Å². The van der Waals surface area contributed by atoms with E-state index >= 15 is 0 Å². The highest BCUT2D eigenvalue weighted by Crippen LogP contribution is 2.31. The first-order chi connectivity index (χ1) is 8.09. The van der Waals surface area contributed by atoms with E-state index in [1.165, 1.54) is 23.1 Å². The molecule has 1 fully saturated rings. The molecule has 2 atom stereocenters. The molecule has 0 amide bonds. The Balaban J connectivity index is 2.26. The summed E-state index contributed by atoms with van der Waals surface area (Å²) in [5.41, 5.74) is 4.86. The zero-order valence-corrected chi connectivity index (χ0v) is 11.1. The van der Waals surface area contributed by atoms with Crippen LogP contribution in [0.15, 0.2) is 12.1 Å². The predicted octanol–water partition coefficient (Wildman–Crippen LogP) is 2.64. The number of aryl methyl sites for hydroxylation is 3. The van der Waals surface area contributed by atoms with Crippen LogP contribution >= 0.6 is 0 Å². The first-order valence-corrected chi connectivity index (χ1v) is 6.56. The molecule has 1 saturated heterocycles. The predicted molar refractivity (Wildman–Crippen MR) is 71.2 cm³/mol. The van der Waals surface area contributed by atoms with Gasteiger partial charge >= 0.3 is 0 Å². The first kappa shape index (κ1) is 12.6.